The lowest BCUT2D eigenvalue weighted by Gasteiger charge is -2.05. The first-order valence-corrected chi connectivity index (χ1v) is 6.70. The Hall–Kier alpha value is -1.79. The molecule has 0 radical (unpaired) electrons. The van der Waals surface area contributed by atoms with E-state index in [1.54, 1.807) is 18.2 Å². The largest absolute Gasteiger partial charge is 0.352 e. The summed E-state index contributed by atoms with van der Waals surface area (Å²) in [6.45, 7) is 0.556. The van der Waals surface area contributed by atoms with Crippen molar-refractivity contribution in [2.75, 3.05) is 0 Å². The Morgan fingerprint density at radius 2 is 2.21 bits per heavy atom. The number of benzene rings is 1. The molecule has 0 aliphatic carbocycles. The molecular formula is C13H14FN3OS. The maximum Gasteiger partial charge on any atom is 0.226 e. The van der Waals surface area contributed by atoms with Crippen molar-refractivity contribution in [3.8, 4) is 0 Å². The number of thiazole rings is 1. The van der Waals surface area contributed by atoms with Gasteiger partial charge in [-0.25, -0.2) is 9.37 Å². The summed E-state index contributed by atoms with van der Waals surface area (Å²) in [6, 6.07) is 6.36. The fourth-order valence-corrected chi connectivity index (χ4v) is 2.26. The van der Waals surface area contributed by atoms with Crippen molar-refractivity contribution in [3.63, 3.8) is 0 Å². The zero-order chi connectivity index (χ0) is 13.7. The molecular weight excluding hydrogens is 265 g/mol. The third-order valence-corrected chi connectivity index (χ3v) is 3.47. The summed E-state index contributed by atoms with van der Waals surface area (Å²) in [5, 5.41) is 5.28. The van der Waals surface area contributed by atoms with Gasteiger partial charge in [-0.05, 0) is 6.07 Å². The average Bonchev–Trinajstić information content (AvgIpc) is 2.85. The SMILES string of the molecule is NCc1nc(CC(=O)NCc2ccccc2F)cs1. The maximum absolute atomic E-state index is 13.3. The summed E-state index contributed by atoms with van der Waals surface area (Å²) in [5.74, 6) is -0.501. The molecule has 0 fully saturated rings. The van der Waals surface area contributed by atoms with Crippen LogP contribution in [0, 0.1) is 5.82 Å². The lowest BCUT2D eigenvalue weighted by molar-refractivity contribution is -0.120. The smallest absolute Gasteiger partial charge is 0.226 e. The highest BCUT2D eigenvalue weighted by atomic mass is 32.1. The predicted octanol–water partition coefficient (Wildman–Crippen LogP) is 1.60. The molecule has 1 aromatic heterocycles. The molecule has 100 valence electrons. The van der Waals surface area contributed by atoms with Gasteiger partial charge in [0.15, 0.2) is 0 Å². The second-order valence-electron chi connectivity index (χ2n) is 3.98. The van der Waals surface area contributed by atoms with Crippen LogP contribution in [0.2, 0.25) is 0 Å². The van der Waals surface area contributed by atoms with Gasteiger partial charge in [0.2, 0.25) is 5.91 Å². The van der Waals surface area contributed by atoms with Crippen molar-refractivity contribution in [1.29, 1.82) is 0 Å². The molecule has 1 amide bonds. The van der Waals surface area contributed by atoms with Gasteiger partial charge < -0.3 is 11.1 Å². The third-order valence-electron chi connectivity index (χ3n) is 2.55. The molecule has 0 spiro atoms. The van der Waals surface area contributed by atoms with Crippen LogP contribution in [0.25, 0.3) is 0 Å². The number of nitrogens with one attached hydrogen (secondary N) is 1. The van der Waals surface area contributed by atoms with Crippen LogP contribution in [0.5, 0.6) is 0 Å². The Kier molecular flexibility index (Phi) is 4.59. The molecule has 1 aromatic carbocycles. The van der Waals surface area contributed by atoms with Gasteiger partial charge in [0.1, 0.15) is 10.8 Å². The minimum Gasteiger partial charge on any atom is -0.352 e. The third kappa shape index (κ3) is 3.84. The van der Waals surface area contributed by atoms with Crippen LogP contribution in [0.15, 0.2) is 29.6 Å². The standard InChI is InChI=1S/C13H14FN3OS/c14-11-4-2-1-3-9(11)7-16-12(18)5-10-8-19-13(6-15)17-10/h1-4,8H,5-7,15H2,(H,16,18). The number of halogens is 1. The molecule has 0 saturated carbocycles. The summed E-state index contributed by atoms with van der Waals surface area (Å²) >= 11 is 1.43. The lowest BCUT2D eigenvalue weighted by Crippen LogP contribution is -2.25. The van der Waals surface area contributed by atoms with Crippen LogP contribution in [0.1, 0.15) is 16.3 Å². The summed E-state index contributed by atoms with van der Waals surface area (Å²) in [6.07, 6.45) is 0.185. The van der Waals surface area contributed by atoms with E-state index < -0.39 is 0 Å². The van der Waals surface area contributed by atoms with Gasteiger partial charge in [0, 0.05) is 24.0 Å². The van der Waals surface area contributed by atoms with Crippen LogP contribution in [0.4, 0.5) is 4.39 Å². The fourth-order valence-electron chi connectivity index (χ4n) is 1.59. The van der Waals surface area contributed by atoms with E-state index >= 15 is 0 Å². The molecule has 0 unspecified atom stereocenters. The minimum absolute atomic E-state index is 0.180. The van der Waals surface area contributed by atoms with Crippen molar-refractivity contribution in [2.24, 2.45) is 5.73 Å². The molecule has 0 atom stereocenters. The van der Waals surface area contributed by atoms with Crippen LogP contribution >= 0.6 is 11.3 Å². The Balaban J connectivity index is 1.86. The number of carbonyl (C=O) groups excluding carboxylic acids is 1. The average molecular weight is 279 g/mol. The van der Waals surface area contributed by atoms with Gasteiger partial charge in [-0.1, -0.05) is 18.2 Å². The molecule has 0 saturated heterocycles. The zero-order valence-electron chi connectivity index (χ0n) is 10.2. The maximum atomic E-state index is 13.3. The van der Waals surface area contributed by atoms with Crippen molar-refractivity contribution < 1.29 is 9.18 Å². The number of carbonyl (C=O) groups is 1. The van der Waals surface area contributed by atoms with E-state index in [4.69, 9.17) is 5.73 Å². The van der Waals surface area contributed by atoms with Gasteiger partial charge >= 0.3 is 0 Å². The molecule has 2 rings (SSSR count). The number of aromatic nitrogens is 1. The number of nitrogens with two attached hydrogens (primary N) is 1. The molecule has 2 aromatic rings. The first kappa shape index (κ1) is 13.6. The van der Waals surface area contributed by atoms with Crippen LogP contribution in [0.3, 0.4) is 0 Å². The molecule has 0 aliphatic rings. The molecule has 1 heterocycles. The molecule has 6 heteroatoms. The molecule has 3 N–H and O–H groups in total. The van der Waals surface area contributed by atoms with Gasteiger partial charge in [-0.2, -0.15) is 0 Å². The minimum atomic E-state index is -0.318. The molecule has 4 nitrogen and oxygen atoms in total. The first-order chi connectivity index (χ1) is 9.19. The highest BCUT2D eigenvalue weighted by Crippen LogP contribution is 2.10. The van der Waals surface area contributed by atoms with Gasteiger partial charge in [0.25, 0.3) is 0 Å². The second-order valence-corrected chi connectivity index (χ2v) is 4.92. The van der Waals surface area contributed by atoms with E-state index in [9.17, 15) is 9.18 Å². The van der Waals surface area contributed by atoms with E-state index in [-0.39, 0.29) is 24.7 Å². The van der Waals surface area contributed by atoms with Gasteiger partial charge in [-0.15, -0.1) is 11.3 Å². The number of rotatable bonds is 5. The highest BCUT2D eigenvalue weighted by molar-refractivity contribution is 7.09. The lowest BCUT2D eigenvalue weighted by atomic mass is 10.2. The van der Waals surface area contributed by atoms with Crippen molar-refractivity contribution >= 4 is 17.2 Å². The van der Waals surface area contributed by atoms with Gasteiger partial charge in [-0.3, -0.25) is 4.79 Å². The summed E-state index contributed by atoms with van der Waals surface area (Å²) in [5.41, 5.74) is 6.61. The zero-order valence-corrected chi connectivity index (χ0v) is 11.0. The first-order valence-electron chi connectivity index (χ1n) is 5.82. The van der Waals surface area contributed by atoms with E-state index in [2.05, 4.69) is 10.3 Å². The van der Waals surface area contributed by atoms with Crippen molar-refractivity contribution in [1.82, 2.24) is 10.3 Å². The summed E-state index contributed by atoms with van der Waals surface area (Å²) < 4.78 is 13.3. The van der Waals surface area contributed by atoms with Crippen molar-refractivity contribution in [2.45, 2.75) is 19.5 Å². The molecule has 19 heavy (non-hydrogen) atoms. The number of hydrogen-bond donors (Lipinski definition) is 2. The Labute approximate surface area is 114 Å². The van der Waals surface area contributed by atoms with Crippen LogP contribution < -0.4 is 11.1 Å². The van der Waals surface area contributed by atoms with Crippen LogP contribution in [-0.4, -0.2) is 10.9 Å². The van der Waals surface area contributed by atoms with E-state index in [0.717, 1.165) is 5.01 Å². The monoisotopic (exact) mass is 279 g/mol. The normalized spacial score (nSPS) is 10.4. The predicted molar refractivity (Wildman–Crippen MR) is 72.0 cm³/mol. The summed E-state index contributed by atoms with van der Waals surface area (Å²) in [4.78, 5) is 15.9. The Morgan fingerprint density at radius 3 is 2.89 bits per heavy atom. The highest BCUT2D eigenvalue weighted by Gasteiger charge is 2.08. The Morgan fingerprint density at radius 1 is 1.42 bits per heavy atom. The van der Waals surface area contributed by atoms with E-state index in [1.165, 1.54) is 17.4 Å². The van der Waals surface area contributed by atoms with E-state index in [0.29, 0.717) is 17.8 Å². The van der Waals surface area contributed by atoms with Gasteiger partial charge in [0.05, 0.1) is 12.1 Å². The summed E-state index contributed by atoms with van der Waals surface area (Å²) in [7, 11) is 0. The van der Waals surface area contributed by atoms with E-state index in [1.807, 2.05) is 5.38 Å². The number of amides is 1. The number of nitrogens with zero attached hydrogens (tertiary/aromatic N) is 1. The van der Waals surface area contributed by atoms with Crippen LogP contribution in [-0.2, 0) is 24.3 Å². The molecule has 0 aliphatic heterocycles. The number of hydrogen-bond acceptors (Lipinski definition) is 4. The van der Waals surface area contributed by atoms with Crippen molar-refractivity contribution in [3.05, 3.63) is 51.7 Å². The Bertz CT molecular complexity index is 571. The molecule has 0 bridgehead atoms. The second kappa shape index (κ2) is 6.40. The fraction of sp³-hybridized carbons (Fsp3) is 0.231. The quantitative estimate of drug-likeness (QED) is 0.873. The topological polar surface area (TPSA) is 68.0 Å².